The van der Waals surface area contributed by atoms with Crippen molar-refractivity contribution in [2.75, 3.05) is 5.43 Å². The number of nitrogens with zero attached hydrogens (tertiary/aromatic N) is 2. The first-order valence-corrected chi connectivity index (χ1v) is 11.6. The zero-order valence-corrected chi connectivity index (χ0v) is 21.1. The Morgan fingerprint density at radius 2 is 1.91 bits per heavy atom. The molecule has 0 saturated heterocycles. The quantitative estimate of drug-likeness (QED) is 0.174. The number of anilines is 1. The molecule has 12 nitrogen and oxygen atoms in total. The van der Waals surface area contributed by atoms with Crippen LogP contribution in [0.4, 0.5) is 10.5 Å². The van der Waals surface area contributed by atoms with E-state index in [4.69, 9.17) is 15.3 Å². The maximum absolute atomic E-state index is 13.1. The van der Waals surface area contributed by atoms with E-state index in [1.165, 1.54) is 17.3 Å². The largest absolute Gasteiger partial charge is 0.480 e. The van der Waals surface area contributed by atoms with Crippen molar-refractivity contribution in [3.63, 3.8) is 0 Å². The topological polar surface area (TPSA) is 158 Å². The summed E-state index contributed by atoms with van der Waals surface area (Å²) in [5.41, 5.74) is 14.9. The fraction of sp³-hybridized carbons (Fsp3) is 0.227. The minimum absolute atomic E-state index is 0.0436. The molecule has 1 aliphatic rings. The zero-order valence-electron chi connectivity index (χ0n) is 18.9. The molecular weight excluding hydrogens is 571 g/mol. The number of carbonyl (C=O) groups excluding carboxylic acids is 2. The van der Waals surface area contributed by atoms with Gasteiger partial charge in [-0.05, 0) is 65.8 Å². The minimum atomic E-state index is -1.41. The Morgan fingerprint density at radius 1 is 1.20 bits per heavy atom. The highest BCUT2D eigenvalue weighted by molar-refractivity contribution is 14.1. The number of aliphatic carboxylic acids is 1. The molecule has 0 spiro atoms. The number of halogens is 1. The molecule has 1 heterocycles. The summed E-state index contributed by atoms with van der Waals surface area (Å²) < 4.78 is 5.75. The highest BCUT2D eigenvalue weighted by Gasteiger charge is 2.33. The van der Waals surface area contributed by atoms with Gasteiger partial charge in [0, 0.05) is 12.0 Å². The van der Waals surface area contributed by atoms with E-state index in [0.29, 0.717) is 20.0 Å². The predicted octanol–water partition coefficient (Wildman–Crippen LogP) is 2.47. The molecule has 0 fully saturated rings. The molecule has 1 aliphatic heterocycles. The van der Waals surface area contributed by atoms with Gasteiger partial charge in [0.05, 0.1) is 11.8 Å². The van der Waals surface area contributed by atoms with Crippen molar-refractivity contribution in [3.05, 3.63) is 75.3 Å². The second-order valence-electron chi connectivity index (χ2n) is 7.66. The summed E-state index contributed by atoms with van der Waals surface area (Å²) in [5.74, 6) is -1.84. The Bertz CT molecular complexity index is 1110. The third kappa shape index (κ3) is 6.89. The van der Waals surface area contributed by atoms with Crippen molar-refractivity contribution in [2.45, 2.75) is 32.4 Å². The molecule has 0 bridgehead atoms. The van der Waals surface area contributed by atoms with Crippen LogP contribution >= 0.6 is 22.6 Å². The SMILES string of the molecule is CC(C)OC(=O)N(NC(=O)c1cccc(NN2NOC(N)=C2I)c1)C(Cc1ccccc1)C(=O)O. The predicted molar refractivity (Wildman–Crippen MR) is 134 cm³/mol. The number of ether oxygens (including phenoxy) is 1. The van der Waals surface area contributed by atoms with Gasteiger partial charge in [-0.25, -0.2) is 14.6 Å². The van der Waals surface area contributed by atoms with E-state index >= 15 is 0 Å². The van der Waals surface area contributed by atoms with Crippen LogP contribution in [0.25, 0.3) is 0 Å². The molecule has 2 aromatic carbocycles. The monoisotopic (exact) mass is 596 g/mol. The summed E-state index contributed by atoms with van der Waals surface area (Å²) in [6.07, 6.45) is -1.56. The number of amides is 2. The number of hydrogen-bond acceptors (Lipinski definition) is 9. The van der Waals surface area contributed by atoms with Crippen LogP contribution < -0.4 is 22.2 Å². The van der Waals surface area contributed by atoms with Crippen molar-refractivity contribution in [3.8, 4) is 0 Å². The molecular formula is C22H25IN6O6. The lowest BCUT2D eigenvalue weighted by Crippen LogP contribution is -2.56. The molecule has 35 heavy (non-hydrogen) atoms. The molecule has 6 N–H and O–H groups in total. The van der Waals surface area contributed by atoms with Crippen molar-refractivity contribution in [2.24, 2.45) is 5.73 Å². The number of rotatable bonds is 8. The highest BCUT2D eigenvalue weighted by atomic mass is 127. The highest BCUT2D eigenvalue weighted by Crippen LogP contribution is 2.21. The molecule has 2 aromatic rings. The third-order valence-electron chi connectivity index (χ3n) is 4.64. The van der Waals surface area contributed by atoms with Gasteiger partial charge in [0.15, 0.2) is 9.75 Å². The van der Waals surface area contributed by atoms with Crippen LogP contribution in [0.1, 0.15) is 29.8 Å². The van der Waals surface area contributed by atoms with Gasteiger partial charge in [0.2, 0.25) is 5.88 Å². The molecule has 0 saturated carbocycles. The van der Waals surface area contributed by atoms with Crippen molar-refractivity contribution in [1.29, 1.82) is 0 Å². The maximum atomic E-state index is 13.1. The fourth-order valence-corrected chi connectivity index (χ4v) is 3.36. The van der Waals surface area contributed by atoms with E-state index in [-0.39, 0.29) is 17.9 Å². The molecule has 0 aromatic heterocycles. The summed E-state index contributed by atoms with van der Waals surface area (Å²) in [6, 6.07) is 13.7. The van der Waals surface area contributed by atoms with E-state index in [9.17, 15) is 19.5 Å². The lowest BCUT2D eigenvalue weighted by molar-refractivity contribution is -0.143. The second-order valence-corrected chi connectivity index (χ2v) is 8.69. The van der Waals surface area contributed by atoms with Crippen molar-refractivity contribution >= 4 is 46.2 Å². The first-order valence-electron chi connectivity index (χ1n) is 10.5. The van der Waals surface area contributed by atoms with Crippen LogP contribution in [0.15, 0.2) is 64.2 Å². The smallest absolute Gasteiger partial charge is 0.429 e. The summed E-state index contributed by atoms with van der Waals surface area (Å²) in [7, 11) is 0. The van der Waals surface area contributed by atoms with Gasteiger partial charge in [0.25, 0.3) is 5.91 Å². The Morgan fingerprint density at radius 3 is 2.51 bits per heavy atom. The number of carboxylic acids is 1. The Hall–Kier alpha value is -3.72. The number of nitrogens with two attached hydrogens (primary N) is 1. The Balaban J connectivity index is 1.82. The summed E-state index contributed by atoms with van der Waals surface area (Å²) in [5, 5.41) is 12.0. The third-order valence-corrected chi connectivity index (χ3v) is 5.65. The number of hydrogen-bond donors (Lipinski definition) is 5. The van der Waals surface area contributed by atoms with Gasteiger partial charge in [-0.1, -0.05) is 36.4 Å². The number of carboxylic acid groups (broad SMARTS) is 1. The van der Waals surface area contributed by atoms with E-state index in [0.717, 1.165) is 0 Å². The second kappa shape index (κ2) is 11.6. The molecule has 186 valence electrons. The summed E-state index contributed by atoms with van der Waals surface area (Å²) in [6.45, 7) is 3.25. The first-order chi connectivity index (χ1) is 16.7. The molecule has 1 atom stereocenters. The summed E-state index contributed by atoms with van der Waals surface area (Å²) in [4.78, 5) is 43.0. The molecule has 13 heteroatoms. The number of nitrogens with one attached hydrogen (secondary N) is 3. The van der Waals surface area contributed by atoms with Gasteiger partial charge < -0.3 is 20.4 Å². The lowest BCUT2D eigenvalue weighted by Gasteiger charge is -2.29. The van der Waals surface area contributed by atoms with Gasteiger partial charge in [-0.15, -0.1) is 0 Å². The molecule has 2 amide bonds. The van der Waals surface area contributed by atoms with Gasteiger partial charge in [-0.2, -0.15) is 5.12 Å². The molecule has 0 radical (unpaired) electrons. The fourth-order valence-electron chi connectivity index (χ4n) is 3.03. The van der Waals surface area contributed by atoms with Gasteiger partial charge >= 0.3 is 12.1 Å². The van der Waals surface area contributed by atoms with Crippen molar-refractivity contribution < 1.29 is 29.1 Å². The number of benzene rings is 2. The van der Waals surface area contributed by atoms with Crippen LogP contribution in [0.2, 0.25) is 0 Å². The Kier molecular flexibility index (Phi) is 8.59. The van der Waals surface area contributed by atoms with Crippen LogP contribution in [0, 0.1) is 0 Å². The number of hydrazine groups is 3. The average Bonchev–Trinajstić information content (AvgIpc) is 3.13. The molecule has 3 rings (SSSR count). The number of carbonyl (C=O) groups is 3. The van der Waals surface area contributed by atoms with Crippen LogP contribution in [0.5, 0.6) is 0 Å². The van der Waals surface area contributed by atoms with Crippen LogP contribution in [-0.2, 0) is 20.8 Å². The van der Waals surface area contributed by atoms with E-state index in [2.05, 4.69) is 16.4 Å². The average molecular weight is 596 g/mol. The van der Waals surface area contributed by atoms with Gasteiger partial charge in [-0.3, -0.25) is 15.6 Å². The zero-order chi connectivity index (χ0) is 25.5. The lowest BCUT2D eigenvalue weighted by atomic mass is 10.1. The van der Waals surface area contributed by atoms with E-state index in [1.54, 1.807) is 56.3 Å². The van der Waals surface area contributed by atoms with Crippen LogP contribution in [-0.4, -0.2) is 45.3 Å². The summed E-state index contributed by atoms with van der Waals surface area (Å²) >= 11 is 1.96. The normalized spacial score (nSPS) is 13.8. The van der Waals surface area contributed by atoms with E-state index in [1.807, 2.05) is 22.6 Å². The van der Waals surface area contributed by atoms with Gasteiger partial charge in [0.1, 0.15) is 0 Å². The van der Waals surface area contributed by atoms with Crippen LogP contribution in [0.3, 0.4) is 0 Å². The molecule has 1 unspecified atom stereocenters. The minimum Gasteiger partial charge on any atom is -0.480 e. The van der Waals surface area contributed by atoms with Crippen molar-refractivity contribution in [1.82, 2.24) is 21.1 Å². The standard InChI is InChI=1S/C22H25IN6O6/c1-13(2)34-22(33)28(17(21(31)32)11-14-7-4-3-5-8-14)26-20(30)15-9-6-10-16(12-15)25-29-18(23)19(24)35-27-29/h3-10,12-13,17,25,27H,11,24H2,1-2H3,(H,26,30)(H,31,32). The Labute approximate surface area is 215 Å². The maximum Gasteiger partial charge on any atom is 0.429 e. The molecule has 0 aliphatic carbocycles. The first kappa shape index (κ1) is 25.9. The van der Waals surface area contributed by atoms with E-state index < -0.39 is 30.1 Å².